The molecule has 3 aromatic rings. The van der Waals surface area contributed by atoms with Crippen molar-refractivity contribution >= 4 is 23.5 Å². The van der Waals surface area contributed by atoms with Crippen molar-refractivity contribution in [3.63, 3.8) is 0 Å². The van der Waals surface area contributed by atoms with Gasteiger partial charge in [0.1, 0.15) is 17.6 Å². The molecule has 0 spiro atoms. The van der Waals surface area contributed by atoms with Crippen molar-refractivity contribution in [3.05, 3.63) is 76.6 Å². The monoisotopic (exact) mass is 574 g/mol. The molecule has 2 atom stereocenters. The van der Waals surface area contributed by atoms with Crippen molar-refractivity contribution in [1.82, 2.24) is 19.8 Å². The van der Waals surface area contributed by atoms with E-state index >= 15 is 0 Å². The van der Waals surface area contributed by atoms with E-state index in [-0.39, 0.29) is 52.2 Å². The highest BCUT2D eigenvalue weighted by Crippen LogP contribution is 2.34. The molecule has 0 bridgehead atoms. The predicted molar refractivity (Wildman–Crippen MR) is 144 cm³/mol. The second kappa shape index (κ2) is 11.6. The summed E-state index contributed by atoms with van der Waals surface area (Å²) in [6, 6.07) is 13.7. The van der Waals surface area contributed by atoms with Crippen LogP contribution in [0, 0.1) is 5.92 Å². The third-order valence-electron chi connectivity index (χ3n) is 7.74. The largest absolute Gasteiger partial charge is 0.457 e. The zero-order valence-corrected chi connectivity index (χ0v) is 22.7. The first kappa shape index (κ1) is 28.2. The van der Waals surface area contributed by atoms with E-state index in [9.17, 15) is 22.8 Å². The lowest BCUT2D eigenvalue weighted by molar-refractivity contribution is -0.137. The molecule has 1 N–H and O–H groups in total. The summed E-state index contributed by atoms with van der Waals surface area (Å²) < 4.78 is 47.2. The molecule has 2 aliphatic heterocycles. The number of alkyl halides is 3. The van der Waals surface area contributed by atoms with E-state index in [2.05, 4.69) is 10.3 Å². The van der Waals surface area contributed by atoms with Crippen LogP contribution in [0.15, 0.2) is 54.6 Å². The highest BCUT2D eigenvalue weighted by atomic mass is 35.5. The number of imidazole rings is 1. The van der Waals surface area contributed by atoms with Gasteiger partial charge in [-0.15, -0.1) is 0 Å². The molecule has 2 saturated heterocycles. The van der Waals surface area contributed by atoms with E-state index in [1.807, 2.05) is 6.07 Å². The van der Waals surface area contributed by atoms with Crippen molar-refractivity contribution < 1.29 is 27.5 Å². The van der Waals surface area contributed by atoms with Crippen LogP contribution in [-0.2, 0) is 18.0 Å². The van der Waals surface area contributed by atoms with Crippen molar-refractivity contribution in [3.8, 4) is 11.4 Å². The van der Waals surface area contributed by atoms with Crippen LogP contribution < -0.4 is 5.32 Å². The molecule has 212 valence electrons. The Bertz CT molecular complexity index is 1360. The number of halogens is 4. The molecule has 3 heterocycles. The van der Waals surface area contributed by atoms with Crippen LogP contribution in [0.4, 0.5) is 13.2 Å². The summed E-state index contributed by atoms with van der Waals surface area (Å²) in [5, 5.41) is 3.40. The maximum Gasteiger partial charge on any atom is 0.416 e. The number of piperidine rings is 1. The lowest BCUT2D eigenvalue weighted by Gasteiger charge is -2.38. The zero-order chi connectivity index (χ0) is 28.4. The minimum atomic E-state index is -4.50. The molecule has 1 amide bonds. The quantitative estimate of drug-likeness (QED) is 0.389. The zero-order valence-electron chi connectivity index (χ0n) is 22.0. The minimum absolute atomic E-state index is 0.0569. The number of carbonyl (C=O) groups is 2. The number of aromatic nitrogens is 2. The van der Waals surface area contributed by atoms with Crippen molar-refractivity contribution in [2.45, 2.75) is 44.0 Å². The average molecular weight is 575 g/mol. The number of benzene rings is 2. The van der Waals surface area contributed by atoms with Crippen LogP contribution in [0.3, 0.4) is 0 Å². The number of carbonyl (C=O) groups excluding carboxylic acids is 2. The van der Waals surface area contributed by atoms with E-state index in [1.165, 1.54) is 16.7 Å². The fourth-order valence-electron chi connectivity index (χ4n) is 5.64. The fourth-order valence-corrected chi connectivity index (χ4v) is 5.92. The number of nitrogens with zero attached hydrogens (tertiary/aromatic N) is 3. The Hall–Kier alpha value is -3.37. The van der Waals surface area contributed by atoms with Gasteiger partial charge in [-0.1, -0.05) is 41.9 Å². The number of ether oxygens (including phenoxy) is 1. The molecule has 5 rings (SSSR count). The Morgan fingerprint density at radius 1 is 1.07 bits per heavy atom. The van der Waals surface area contributed by atoms with Crippen LogP contribution in [0.25, 0.3) is 11.4 Å². The maximum absolute atomic E-state index is 13.5. The van der Waals surface area contributed by atoms with Crippen molar-refractivity contribution in [2.24, 2.45) is 13.0 Å². The van der Waals surface area contributed by atoms with Gasteiger partial charge >= 0.3 is 12.1 Å². The highest BCUT2D eigenvalue weighted by Gasteiger charge is 2.38. The number of amides is 1. The number of nitrogens with one attached hydrogen (secondary N) is 1. The molecular weight excluding hydrogens is 545 g/mol. The molecule has 0 radical (unpaired) electrons. The Morgan fingerprint density at radius 3 is 2.45 bits per heavy atom. The van der Waals surface area contributed by atoms with Crippen LogP contribution in [0.1, 0.15) is 52.1 Å². The number of likely N-dealkylation sites (tertiary alicyclic amines) is 1. The van der Waals surface area contributed by atoms with Gasteiger partial charge in [0.2, 0.25) is 0 Å². The Balaban J connectivity index is 1.29. The lowest BCUT2D eigenvalue weighted by Crippen LogP contribution is -2.48. The first-order chi connectivity index (χ1) is 19.1. The summed E-state index contributed by atoms with van der Waals surface area (Å²) in [7, 11) is 1.57. The van der Waals surface area contributed by atoms with Gasteiger partial charge in [-0.05, 0) is 56.5 Å². The molecule has 2 fully saturated rings. The van der Waals surface area contributed by atoms with Crippen molar-refractivity contribution in [2.75, 3.05) is 19.6 Å². The predicted octanol–water partition coefficient (Wildman–Crippen LogP) is 5.59. The number of hydrogen-bond acceptors (Lipinski definition) is 5. The Morgan fingerprint density at radius 2 is 1.80 bits per heavy atom. The number of hydrogen-bond donors (Lipinski definition) is 1. The molecule has 2 aromatic carbocycles. The third-order valence-corrected chi connectivity index (χ3v) is 8.01. The topological polar surface area (TPSA) is 76.5 Å². The fraction of sp³-hybridized carbons (Fsp3) is 0.414. The molecule has 40 heavy (non-hydrogen) atoms. The SMILES string of the molecule is Cn1c(-c2cccc(C(F)(F)F)c2)nc(Cl)c1C(=O)N1CCC([C@H](OC(=O)c2ccccc2)C2CCCN2)CC1. The van der Waals surface area contributed by atoms with E-state index in [4.69, 9.17) is 16.3 Å². The minimum Gasteiger partial charge on any atom is -0.457 e. The Labute approximate surface area is 235 Å². The molecular formula is C29H30ClF3N4O3. The summed E-state index contributed by atoms with van der Waals surface area (Å²) >= 11 is 6.36. The standard InChI is InChI=1S/C29H30ClF3N4O3/c1-36-23(25(30)35-26(36)20-9-5-10-21(17-20)29(31,32)33)27(38)37-15-12-18(13-16-37)24(22-11-6-14-34-22)40-28(39)19-7-3-2-4-8-19/h2-5,7-10,17-18,22,24,34H,6,11-16H2,1H3/t22?,24-/m0/s1. The van der Waals surface area contributed by atoms with Crippen molar-refractivity contribution in [1.29, 1.82) is 0 Å². The van der Waals surface area contributed by atoms with E-state index in [0.29, 0.717) is 31.5 Å². The molecule has 1 unspecified atom stereocenters. The number of esters is 1. The smallest absolute Gasteiger partial charge is 0.416 e. The summed E-state index contributed by atoms with van der Waals surface area (Å²) in [4.78, 5) is 32.3. The van der Waals surface area contributed by atoms with Crippen LogP contribution in [-0.4, -0.2) is 58.1 Å². The van der Waals surface area contributed by atoms with E-state index < -0.39 is 11.7 Å². The average Bonchev–Trinajstić information content (AvgIpc) is 3.59. The van der Waals surface area contributed by atoms with Gasteiger partial charge in [0.25, 0.3) is 5.91 Å². The molecule has 0 saturated carbocycles. The van der Waals surface area contributed by atoms with Gasteiger partial charge in [-0.3, -0.25) is 4.79 Å². The van der Waals surface area contributed by atoms with Crippen LogP contribution in [0.5, 0.6) is 0 Å². The molecule has 2 aliphatic rings. The second-order valence-corrected chi connectivity index (χ2v) is 10.6. The third kappa shape index (κ3) is 5.88. The molecule has 11 heteroatoms. The number of rotatable bonds is 6. The normalized spacial score (nSPS) is 19.0. The molecule has 7 nitrogen and oxygen atoms in total. The molecule has 1 aromatic heterocycles. The van der Waals surface area contributed by atoms with Gasteiger partial charge in [-0.25, -0.2) is 9.78 Å². The van der Waals surface area contributed by atoms with E-state index in [0.717, 1.165) is 31.5 Å². The van der Waals surface area contributed by atoms with Crippen LogP contribution >= 0.6 is 11.6 Å². The second-order valence-electron chi connectivity index (χ2n) is 10.3. The van der Waals surface area contributed by atoms with Gasteiger partial charge in [0.15, 0.2) is 5.15 Å². The lowest BCUT2D eigenvalue weighted by atomic mass is 9.86. The summed E-state index contributed by atoms with van der Waals surface area (Å²) in [6.45, 7) is 1.72. The van der Waals surface area contributed by atoms with Gasteiger partial charge < -0.3 is 19.5 Å². The summed E-state index contributed by atoms with van der Waals surface area (Å²) in [5.74, 6) is -0.459. The van der Waals surface area contributed by atoms with Gasteiger partial charge in [-0.2, -0.15) is 13.2 Å². The highest BCUT2D eigenvalue weighted by molar-refractivity contribution is 6.32. The summed E-state index contributed by atoms with van der Waals surface area (Å²) in [6.07, 6.45) is -1.64. The van der Waals surface area contributed by atoms with Gasteiger partial charge in [0, 0.05) is 37.7 Å². The summed E-state index contributed by atoms with van der Waals surface area (Å²) in [5.41, 5.74) is 0.0278. The van der Waals surface area contributed by atoms with Crippen LogP contribution in [0.2, 0.25) is 5.15 Å². The Kier molecular flexibility index (Phi) is 8.19. The first-order valence-electron chi connectivity index (χ1n) is 13.3. The van der Waals surface area contributed by atoms with Gasteiger partial charge in [0.05, 0.1) is 11.1 Å². The maximum atomic E-state index is 13.5. The first-order valence-corrected chi connectivity index (χ1v) is 13.7. The molecule has 0 aliphatic carbocycles. The van der Waals surface area contributed by atoms with E-state index in [1.54, 1.807) is 36.2 Å².